The molecule has 2 heterocycles. The zero-order valence-electron chi connectivity index (χ0n) is 28.2. The van der Waals surface area contributed by atoms with Gasteiger partial charge in [-0.05, 0) is 55.5 Å². The van der Waals surface area contributed by atoms with Gasteiger partial charge in [0.05, 0.1) is 18.6 Å². The number of hydrogen-bond donors (Lipinski definition) is 4. The Morgan fingerprint density at radius 3 is 2.06 bits per heavy atom. The molecule has 1 aromatic carbocycles. The van der Waals surface area contributed by atoms with Crippen molar-refractivity contribution >= 4 is 68.7 Å². The highest BCUT2D eigenvalue weighted by Crippen LogP contribution is 2.33. The van der Waals surface area contributed by atoms with E-state index < -0.39 is 34.7 Å². The first kappa shape index (κ1) is 36.9. The number of rotatable bonds is 13. The summed E-state index contributed by atoms with van der Waals surface area (Å²) >= 11 is 1.36. The first-order valence-corrected chi connectivity index (χ1v) is 16.3. The highest BCUT2D eigenvalue weighted by Gasteiger charge is 2.27. The predicted molar refractivity (Wildman–Crippen MR) is 181 cm³/mol. The number of ether oxygens (including phenoxy) is 2. The molecular formula is C33H44N6O7S. The molecule has 13 nitrogen and oxygen atoms in total. The van der Waals surface area contributed by atoms with Crippen LogP contribution in [0.3, 0.4) is 0 Å². The molecule has 2 aromatic heterocycles. The van der Waals surface area contributed by atoms with Gasteiger partial charge in [0.25, 0.3) is 5.91 Å². The second kappa shape index (κ2) is 15.8. The summed E-state index contributed by atoms with van der Waals surface area (Å²) in [5.41, 5.74) is 0.489. The molecule has 3 rings (SSSR count). The van der Waals surface area contributed by atoms with Crippen molar-refractivity contribution in [2.45, 2.75) is 80.8 Å². The van der Waals surface area contributed by atoms with Crippen LogP contribution in [0.25, 0.3) is 10.2 Å². The Hall–Kier alpha value is -4.59. The molecule has 0 radical (unpaired) electrons. The van der Waals surface area contributed by atoms with Crippen molar-refractivity contribution in [1.82, 2.24) is 15.3 Å². The van der Waals surface area contributed by atoms with E-state index in [-0.39, 0.29) is 43.8 Å². The van der Waals surface area contributed by atoms with Gasteiger partial charge in [-0.2, -0.15) is 4.98 Å². The van der Waals surface area contributed by atoms with Gasteiger partial charge in [-0.3, -0.25) is 24.5 Å². The summed E-state index contributed by atoms with van der Waals surface area (Å²) in [6.45, 7) is 14.8. The number of aromatic nitrogens is 2. The van der Waals surface area contributed by atoms with Crippen LogP contribution in [0.1, 0.15) is 84.2 Å². The molecule has 0 saturated heterocycles. The quantitative estimate of drug-likeness (QED) is 0.175. The maximum atomic E-state index is 13.0. The molecule has 47 heavy (non-hydrogen) atoms. The molecule has 1 unspecified atom stereocenters. The van der Waals surface area contributed by atoms with Crippen molar-refractivity contribution in [3.8, 4) is 0 Å². The average molecular weight is 669 g/mol. The third-order valence-electron chi connectivity index (χ3n) is 6.78. The summed E-state index contributed by atoms with van der Waals surface area (Å²) in [6.07, 6.45) is 0.00123. The van der Waals surface area contributed by atoms with E-state index in [1.807, 2.05) is 5.38 Å². The predicted octanol–water partition coefficient (Wildman–Crippen LogP) is 5.28. The summed E-state index contributed by atoms with van der Waals surface area (Å²) in [6, 6.07) is 5.66. The number of carbonyl (C=O) groups excluding carboxylic acids is 5. The lowest BCUT2D eigenvalue weighted by Crippen LogP contribution is -2.42. The maximum Gasteiger partial charge on any atom is 0.328 e. The molecule has 4 N–H and O–H groups in total. The second-order valence-electron chi connectivity index (χ2n) is 12.8. The van der Waals surface area contributed by atoms with E-state index in [4.69, 9.17) is 9.47 Å². The van der Waals surface area contributed by atoms with Gasteiger partial charge in [0.1, 0.15) is 16.7 Å². The van der Waals surface area contributed by atoms with Crippen molar-refractivity contribution in [3.05, 3.63) is 40.8 Å². The minimum Gasteiger partial charge on any atom is -0.466 e. The maximum absolute atomic E-state index is 13.0. The van der Waals surface area contributed by atoms with Gasteiger partial charge >= 0.3 is 11.9 Å². The molecule has 3 aromatic rings. The molecule has 0 aliphatic carbocycles. The Morgan fingerprint density at radius 2 is 1.47 bits per heavy atom. The number of anilines is 3. The lowest BCUT2D eigenvalue weighted by molar-refractivity contribution is -0.147. The number of carbonyl (C=O) groups is 5. The highest BCUT2D eigenvalue weighted by atomic mass is 32.1. The minimum atomic E-state index is -1.01. The first-order valence-electron chi connectivity index (χ1n) is 15.4. The molecule has 0 spiro atoms. The van der Waals surface area contributed by atoms with Gasteiger partial charge in [0.2, 0.25) is 17.8 Å². The monoisotopic (exact) mass is 668 g/mol. The van der Waals surface area contributed by atoms with E-state index in [0.29, 0.717) is 33.8 Å². The van der Waals surface area contributed by atoms with Crippen LogP contribution in [0, 0.1) is 10.8 Å². The van der Waals surface area contributed by atoms with E-state index in [0.717, 1.165) is 5.56 Å². The van der Waals surface area contributed by atoms with Crippen molar-refractivity contribution in [2.75, 3.05) is 29.2 Å². The highest BCUT2D eigenvalue weighted by molar-refractivity contribution is 7.17. The number of amides is 3. The van der Waals surface area contributed by atoms with Gasteiger partial charge in [-0.25, -0.2) is 9.78 Å². The van der Waals surface area contributed by atoms with Crippen LogP contribution >= 0.6 is 11.3 Å². The number of thiophene rings is 1. The third-order valence-corrected chi connectivity index (χ3v) is 7.70. The fourth-order valence-electron chi connectivity index (χ4n) is 4.03. The number of esters is 2. The van der Waals surface area contributed by atoms with Crippen LogP contribution in [-0.2, 0) is 35.2 Å². The zero-order chi connectivity index (χ0) is 34.9. The fraction of sp³-hybridized carbons (Fsp3) is 0.485. The summed E-state index contributed by atoms with van der Waals surface area (Å²) in [5, 5.41) is 14.2. The van der Waals surface area contributed by atoms with Crippen LogP contribution in [-0.4, -0.2) is 58.9 Å². The standard InChI is InChI=1S/C33H44N6O7S/c1-9-45-23(40)16-15-22(28(42)46-10-2)35-26(41)19-11-13-21(14-12-19)34-17-20-18-47-27-24(20)25(36-29(43)32(3,4)5)37-31(38-27)39-30(44)33(6,7)8/h11-14,18,22,34H,9-10,15-17H2,1-8H3,(H,35,41)(H2,36,37,38,39,43,44). The summed E-state index contributed by atoms with van der Waals surface area (Å²) in [7, 11) is 0. The third kappa shape index (κ3) is 10.5. The summed E-state index contributed by atoms with van der Waals surface area (Å²) in [5.74, 6) is -1.69. The number of nitrogens with one attached hydrogen (secondary N) is 4. The van der Waals surface area contributed by atoms with Crippen molar-refractivity contribution in [1.29, 1.82) is 0 Å². The molecule has 14 heteroatoms. The van der Waals surface area contributed by atoms with Crippen LogP contribution in [0.2, 0.25) is 0 Å². The molecule has 0 aliphatic rings. The van der Waals surface area contributed by atoms with Gasteiger partial charge in [-0.15, -0.1) is 11.3 Å². The van der Waals surface area contributed by atoms with Crippen LogP contribution in [0.4, 0.5) is 17.5 Å². The first-order chi connectivity index (χ1) is 22.0. The fourth-order valence-corrected chi connectivity index (χ4v) is 4.97. The SMILES string of the molecule is CCOC(=O)CCC(NC(=O)c1ccc(NCc2csc3nc(NC(=O)C(C)(C)C)nc(NC(=O)C(C)(C)C)c23)cc1)C(=O)OCC. The van der Waals surface area contributed by atoms with Crippen LogP contribution in [0.5, 0.6) is 0 Å². The number of hydrogen-bond acceptors (Lipinski definition) is 11. The van der Waals surface area contributed by atoms with E-state index in [1.54, 1.807) is 79.7 Å². The van der Waals surface area contributed by atoms with Gasteiger partial charge < -0.3 is 25.4 Å². The van der Waals surface area contributed by atoms with E-state index >= 15 is 0 Å². The van der Waals surface area contributed by atoms with Crippen LogP contribution < -0.4 is 21.3 Å². The van der Waals surface area contributed by atoms with Gasteiger partial charge in [-0.1, -0.05) is 41.5 Å². The Labute approximate surface area is 278 Å². The minimum absolute atomic E-state index is 0.0444. The van der Waals surface area contributed by atoms with Gasteiger partial charge in [0, 0.05) is 35.0 Å². The largest absolute Gasteiger partial charge is 0.466 e. The van der Waals surface area contributed by atoms with Crippen molar-refractivity contribution in [2.24, 2.45) is 10.8 Å². The van der Waals surface area contributed by atoms with Crippen molar-refractivity contribution < 1.29 is 33.4 Å². The number of nitrogens with zero attached hydrogens (tertiary/aromatic N) is 2. The lowest BCUT2D eigenvalue weighted by Gasteiger charge is -2.19. The molecule has 1 atom stereocenters. The lowest BCUT2D eigenvalue weighted by atomic mass is 9.95. The molecule has 0 aliphatic heterocycles. The molecule has 0 fully saturated rings. The van der Waals surface area contributed by atoms with Crippen LogP contribution in [0.15, 0.2) is 29.6 Å². The topological polar surface area (TPSA) is 178 Å². The summed E-state index contributed by atoms with van der Waals surface area (Å²) in [4.78, 5) is 72.4. The number of fused-ring (bicyclic) bond motifs is 1. The molecule has 0 bridgehead atoms. The normalized spacial score (nSPS) is 12.2. The zero-order valence-corrected chi connectivity index (χ0v) is 29.0. The molecular weight excluding hydrogens is 624 g/mol. The van der Waals surface area contributed by atoms with E-state index in [2.05, 4.69) is 31.2 Å². The van der Waals surface area contributed by atoms with Crippen molar-refractivity contribution in [3.63, 3.8) is 0 Å². The Kier molecular flexibility index (Phi) is 12.4. The molecule has 3 amide bonds. The van der Waals surface area contributed by atoms with E-state index in [9.17, 15) is 24.0 Å². The Morgan fingerprint density at radius 1 is 0.851 bits per heavy atom. The summed E-state index contributed by atoms with van der Waals surface area (Å²) < 4.78 is 9.99. The molecule has 0 saturated carbocycles. The average Bonchev–Trinajstić information content (AvgIpc) is 3.40. The second-order valence-corrected chi connectivity index (χ2v) is 13.7. The Balaban J connectivity index is 1.77. The smallest absolute Gasteiger partial charge is 0.328 e. The van der Waals surface area contributed by atoms with Gasteiger partial charge in [0.15, 0.2) is 0 Å². The Bertz CT molecular complexity index is 1610. The molecule has 254 valence electrons. The van der Waals surface area contributed by atoms with E-state index in [1.165, 1.54) is 11.3 Å². The number of benzene rings is 1.